The summed E-state index contributed by atoms with van der Waals surface area (Å²) in [5.41, 5.74) is 0.656. The Morgan fingerprint density at radius 3 is 3.06 bits per heavy atom. The molecule has 2 aromatic rings. The van der Waals surface area contributed by atoms with Crippen LogP contribution in [0.25, 0.3) is 11.5 Å². The summed E-state index contributed by atoms with van der Waals surface area (Å²) in [6.07, 6.45) is 1.79. The van der Waals surface area contributed by atoms with E-state index >= 15 is 0 Å². The van der Waals surface area contributed by atoms with E-state index in [1.165, 1.54) is 11.8 Å². The molecule has 0 spiro atoms. The highest BCUT2D eigenvalue weighted by Gasteiger charge is 2.09. The number of aliphatic carboxylic acids is 1. The van der Waals surface area contributed by atoms with Crippen molar-refractivity contribution < 1.29 is 14.4 Å². The molecule has 0 aliphatic rings. The van der Waals surface area contributed by atoms with Gasteiger partial charge in [0.1, 0.15) is 5.69 Å². The van der Waals surface area contributed by atoms with Gasteiger partial charge < -0.3 is 9.63 Å². The van der Waals surface area contributed by atoms with E-state index in [-0.39, 0.29) is 6.42 Å². The number of hydrogen-bond acceptors (Lipinski definition) is 6. The summed E-state index contributed by atoms with van der Waals surface area (Å²) in [5.74, 6) is 1.15. The zero-order valence-corrected chi connectivity index (χ0v) is 10.3. The fourth-order valence-corrected chi connectivity index (χ4v) is 1.99. The topological polar surface area (TPSA) is 89.1 Å². The van der Waals surface area contributed by atoms with Crippen molar-refractivity contribution in [3.8, 4) is 11.5 Å². The molecule has 2 aromatic heterocycles. The van der Waals surface area contributed by atoms with Crippen molar-refractivity contribution in [1.29, 1.82) is 0 Å². The van der Waals surface area contributed by atoms with Gasteiger partial charge in [-0.1, -0.05) is 11.2 Å². The largest absolute Gasteiger partial charge is 0.481 e. The van der Waals surface area contributed by atoms with Gasteiger partial charge in [0, 0.05) is 11.9 Å². The predicted molar refractivity (Wildman–Crippen MR) is 65.9 cm³/mol. The van der Waals surface area contributed by atoms with Gasteiger partial charge in [-0.05, 0) is 12.1 Å². The van der Waals surface area contributed by atoms with Gasteiger partial charge in [-0.3, -0.25) is 9.78 Å². The molecule has 6 nitrogen and oxygen atoms in total. The van der Waals surface area contributed by atoms with Crippen molar-refractivity contribution in [3.63, 3.8) is 0 Å². The average molecular weight is 265 g/mol. The first-order chi connectivity index (χ1) is 8.75. The Labute approximate surface area is 107 Å². The first-order valence-electron chi connectivity index (χ1n) is 5.29. The molecule has 0 aromatic carbocycles. The van der Waals surface area contributed by atoms with Crippen molar-refractivity contribution >= 4 is 17.7 Å². The number of pyridine rings is 1. The molecule has 0 aliphatic heterocycles. The predicted octanol–water partition coefficient (Wildman–Crippen LogP) is 1.84. The number of hydrogen-bond donors (Lipinski definition) is 1. The molecule has 0 bridgehead atoms. The average Bonchev–Trinajstić information content (AvgIpc) is 2.84. The highest BCUT2D eigenvalue weighted by atomic mass is 32.2. The van der Waals surface area contributed by atoms with Crippen LogP contribution in [-0.4, -0.2) is 32.0 Å². The van der Waals surface area contributed by atoms with Crippen molar-refractivity contribution in [3.05, 3.63) is 30.3 Å². The lowest BCUT2D eigenvalue weighted by atomic mass is 10.3. The molecule has 18 heavy (non-hydrogen) atoms. The summed E-state index contributed by atoms with van der Waals surface area (Å²) >= 11 is 1.45. The Balaban J connectivity index is 1.89. The standard InChI is InChI=1S/C11H11N3O3S/c15-10(16)4-6-18-7-9-13-11(14-17-9)8-3-1-2-5-12-8/h1-3,5H,4,6-7H2,(H,15,16). The third-order valence-electron chi connectivity index (χ3n) is 2.05. The molecule has 0 atom stereocenters. The molecule has 0 amide bonds. The maximum absolute atomic E-state index is 10.3. The summed E-state index contributed by atoms with van der Waals surface area (Å²) in [6.45, 7) is 0. The number of carbonyl (C=O) groups is 1. The van der Waals surface area contributed by atoms with Gasteiger partial charge in [-0.15, -0.1) is 0 Å². The van der Waals surface area contributed by atoms with Crippen LogP contribution in [0.2, 0.25) is 0 Å². The number of aromatic nitrogens is 3. The molecular formula is C11H11N3O3S. The first kappa shape index (κ1) is 12.6. The molecule has 0 aliphatic carbocycles. The van der Waals surface area contributed by atoms with Gasteiger partial charge in [0.2, 0.25) is 11.7 Å². The lowest BCUT2D eigenvalue weighted by Crippen LogP contribution is -1.96. The minimum Gasteiger partial charge on any atom is -0.481 e. The third kappa shape index (κ3) is 3.56. The zero-order valence-electron chi connectivity index (χ0n) is 9.44. The van der Waals surface area contributed by atoms with E-state index in [1.54, 1.807) is 12.3 Å². The fourth-order valence-electron chi connectivity index (χ4n) is 1.23. The summed E-state index contributed by atoms with van der Waals surface area (Å²) in [5, 5.41) is 12.3. The Morgan fingerprint density at radius 1 is 1.44 bits per heavy atom. The van der Waals surface area contributed by atoms with Crippen LogP contribution in [0.5, 0.6) is 0 Å². The Bertz CT molecular complexity index is 515. The van der Waals surface area contributed by atoms with Crippen molar-refractivity contribution in [2.75, 3.05) is 5.75 Å². The lowest BCUT2D eigenvalue weighted by Gasteiger charge is -1.93. The normalized spacial score (nSPS) is 10.4. The number of thioether (sulfide) groups is 1. The third-order valence-corrected chi connectivity index (χ3v) is 2.99. The van der Waals surface area contributed by atoms with Crippen LogP contribution in [0.3, 0.4) is 0 Å². The van der Waals surface area contributed by atoms with E-state index in [0.29, 0.717) is 28.9 Å². The summed E-state index contributed by atoms with van der Waals surface area (Å²) in [6, 6.07) is 5.46. The maximum Gasteiger partial charge on any atom is 0.304 e. The summed E-state index contributed by atoms with van der Waals surface area (Å²) in [4.78, 5) is 18.6. The molecule has 0 fully saturated rings. The number of carboxylic acid groups (broad SMARTS) is 1. The van der Waals surface area contributed by atoms with Crippen LogP contribution in [-0.2, 0) is 10.5 Å². The van der Waals surface area contributed by atoms with Crippen LogP contribution in [0.1, 0.15) is 12.3 Å². The van der Waals surface area contributed by atoms with E-state index in [0.717, 1.165) is 0 Å². The van der Waals surface area contributed by atoms with E-state index in [9.17, 15) is 4.79 Å². The van der Waals surface area contributed by atoms with Gasteiger partial charge in [0.15, 0.2) is 0 Å². The van der Waals surface area contributed by atoms with E-state index in [4.69, 9.17) is 9.63 Å². The highest BCUT2D eigenvalue weighted by Crippen LogP contribution is 2.16. The molecular weight excluding hydrogens is 254 g/mol. The monoisotopic (exact) mass is 265 g/mol. The molecule has 94 valence electrons. The second-order valence-electron chi connectivity index (χ2n) is 3.42. The molecule has 1 N–H and O–H groups in total. The van der Waals surface area contributed by atoms with Crippen LogP contribution < -0.4 is 0 Å². The van der Waals surface area contributed by atoms with Crippen molar-refractivity contribution in [2.45, 2.75) is 12.2 Å². The van der Waals surface area contributed by atoms with Gasteiger partial charge in [0.25, 0.3) is 0 Å². The quantitative estimate of drug-likeness (QED) is 0.797. The Morgan fingerprint density at radius 2 is 2.33 bits per heavy atom. The second kappa shape index (κ2) is 6.15. The van der Waals surface area contributed by atoms with Crippen LogP contribution >= 0.6 is 11.8 Å². The first-order valence-corrected chi connectivity index (χ1v) is 6.44. The minimum atomic E-state index is -0.804. The van der Waals surface area contributed by atoms with E-state index in [2.05, 4.69) is 15.1 Å². The van der Waals surface area contributed by atoms with Gasteiger partial charge in [-0.2, -0.15) is 16.7 Å². The minimum absolute atomic E-state index is 0.131. The molecule has 2 rings (SSSR count). The SMILES string of the molecule is O=C(O)CCSCc1nc(-c2ccccn2)no1. The fraction of sp³-hybridized carbons (Fsp3) is 0.273. The van der Waals surface area contributed by atoms with Gasteiger partial charge >= 0.3 is 5.97 Å². The highest BCUT2D eigenvalue weighted by molar-refractivity contribution is 7.98. The molecule has 7 heteroatoms. The van der Waals surface area contributed by atoms with Gasteiger partial charge in [-0.25, -0.2) is 0 Å². The van der Waals surface area contributed by atoms with Crippen LogP contribution in [0.15, 0.2) is 28.9 Å². The molecule has 2 heterocycles. The molecule has 0 saturated carbocycles. The smallest absolute Gasteiger partial charge is 0.304 e. The Kier molecular flexibility index (Phi) is 4.30. The van der Waals surface area contributed by atoms with Gasteiger partial charge in [0.05, 0.1) is 12.2 Å². The van der Waals surface area contributed by atoms with Crippen LogP contribution in [0, 0.1) is 0 Å². The lowest BCUT2D eigenvalue weighted by molar-refractivity contribution is -0.136. The molecule has 0 saturated heterocycles. The van der Waals surface area contributed by atoms with E-state index < -0.39 is 5.97 Å². The van der Waals surface area contributed by atoms with Crippen molar-refractivity contribution in [1.82, 2.24) is 15.1 Å². The number of rotatable bonds is 6. The summed E-state index contributed by atoms with van der Waals surface area (Å²) < 4.78 is 5.06. The number of nitrogens with zero attached hydrogens (tertiary/aromatic N) is 3. The zero-order chi connectivity index (χ0) is 12.8. The van der Waals surface area contributed by atoms with E-state index in [1.807, 2.05) is 12.1 Å². The second-order valence-corrected chi connectivity index (χ2v) is 4.53. The Hall–Kier alpha value is -1.89. The maximum atomic E-state index is 10.3. The van der Waals surface area contributed by atoms with Crippen molar-refractivity contribution in [2.24, 2.45) is 0 Å². The number of carboxylic acids is 1. The molecule has 0 unspecified atom stereocenters. The summed E-state index contributed by atoms with van der Waals surface area (Å²) in [7, 11) is 0. The van der Waals surface area contributed by atoms with Crippen LogP contribution in [0.4, 0.5) is 0 Å². The molecule has 0 radical (unpaired) electrons.